The Morgan fingerprint density at radius 2 is 0.558 bits per heavy atom. The second kappa shape index (κ2) is 50.9. The first-order chi connectivity index (χ1) is 67.2. The summed E-state index contributed by atoms with van der Waals surface area (Å²) in [5.41, 5.74) is 1.56. The number of likely N-dealkylation sites (tertiary alicyclic amines) is 5. The van der Waals surface area contributed by atoms with Crippen molar-refractivity contribution in [2.45, 2.75) is 620 Å². The fraction of sp³-hybridized carbons (Fsp3) is 0.961. The molecule has 20 nitrogen and oxygen atoms in total. The average molecular weight is 2070 g/mol. The second-order valence-corrected chi connectivity index (χ2v) is 61.7. The second-order valence-electron chi connectivity index (χ2n) is 61.7. The van der Waals surface area contributed by atoms with E-state index >= 15 is 0 Å². The van der Waals surface area contributed by atoms with E-state index in [1.807, 2.05) is 0 Å². The molecule has 2 amide bonds. The van der Waals surface area contributed by atoms with Crippen LogP contribution >= 0.6 is 0 Å². The Bertz CT molecular complexity index is 3990. The lowest BCUT2D eigenvalue weighted by atomic mass is 9.69. The third-order valence-electron chi connectivity index (χ3n) is 42.7. The zero-order valence-corrected chi connectivity index (χ0v) is 105. The third-order valence-corrected chi connectivity index (χ3v) is 42.7. The summed E-state index contributed by atoms with van der Waals surface area (Å²) >= 11 is 0. The number of amides is 2. The van der Waals surface area contributed by atoms with Gasteiger partial charge in [-0.2, -0.15) is 0 Å². The molecule has 8 heterocycles. The maximum atomic E-state index is 12.7. The number of esters is 3. The summed E-state index contributed by atoms with van der Waals surface area (Å²) in [6, 6.07) is 0.812. The van der Waals surface area contributed by atoms with Gasteiger partial charge in [0, 0.05) is 113 Å². The molecule has 147 heavy (non-hydrogen) atoms. The van der Waals surface area contributed by atoms with E-state index in [2.05, 4.69) is 356 Å². The lowest BCUT2D eigenvalue weighted by Crippen LogP contribution is -2.50. The summed E-state index contributed by atoms with van der Waals surface area (Å²) in [5, 5.41) is 17.8. The molecule has 0 spiro atoms. The van der Waals surface area contributed by atoms with E-state index in [1.165, 1.54) is 168 Å². The number of methoxy groups -OCH3 is 1. The van der Waals surface area contributed by atoms with Gasteiger partial charge in [-0.25, -0.2) is 0 Å². The zero-order valence-electron chi connectivity index (χ0n) is 105. The Balaban J connectivity index is 0.000000205. The van der Waals surface area contributed by atoms with Crippen molar-refractivity contribution >= 4 is 29.7 Å². The first-order valence-corrected chi connectivity index (χ1v) is 60.5. The Morgan fingerprint density at radius 3 is 0.871 bits per heavy atom. The van der Waals surface area contributed by atoms with Crippen molar-refractivity contribution < 1.29 is 47.7 Å². The van der Waals surface area contributed by atoms with Crippen LogP contribution in [0.25, 0.3) is 0 Å². The highest BCUT2D eigenvalue weighted by Crippen LogP contribution is 2.53. The average Bonchev–Trinajstić information content (AvgIpc) is 1.60. The molecule has 8 aliphatic heterocycles. The van der Waals surface area contributed by atoms with E-state index in [0.29, 0.717) is 65.3 Å². The van der Waals surface area contributed by atoms with Gasteiger partial charge in [-0.05, 0) is 521 Å². The van der Waals surface area contributed by atoms with E-state index in [9.17, 15) is 24.0 Å². The van der Waals surface area contributed by atoms with E-state index in [0.717, 1.165) is 137 Å². The molecule has 15 fully saturated rings. The summed E-state index contributed by atoms with van der Waals surface area (Å²) in [6.45, 7) is 90.7. The monoisotopic (exact) mass is 2070 g/mol. The van der Waals surface area contributed by atoms with Crippen LogP contribution in [0.15, 0.2) is 0 Å². The van der Waals surface area contributed by atoms with Crippen LogP contribution < -0.4 is 26.6 Å². The Labute approximate surface area is 906 Å². The molecular formula is C127H240N10O10. The molecule has 5 N–H and O–H groups in total. The van der Waals surface area contributed by atoms with E-state index in [-0.39, 0.29) is 137 Å². The van der Waals surface area contributed by atoms with E-state index < -0.39 is 0 Å². The number of hydrogen-bond donors (Lipinski definition) is 5. The first kappa shape index (κ1) is 129. The van der Waals surface area contributed by atoms with Gasteiger partial charge < -0.3 is 50.3 Å². The van der Waals surface area contributed by atoms with Gasteiger partial charge in [0.15, 0.2) is 0 Å². The highest BCUT2D eigenvalue weighted by atomic mass is 16.5. The minimum atomic E-state index is -0.123. The summed E-state index contributed by atoms with van der Waals surface area (Å²) in [7, 11) is 12.2. The standard InChI is InChI=1S/C18H33NO2.C17H32N2O.C17H31NO2.C17H33NO.C16H30N2O.C16H31NO.C15H29N.C11H21NO2/c1-13-7-9-14(10-8-13)12-21-16(20)15-11-17(2,3)19(6)18(15,4)5;1-12-7-9-13(10-8-12)18-15(20)14-11-16(2,3)19(6)17(14,4)5;1-12-7-9-13(10-8-12)20-15(19)14-11-16(2,3)18(6)17(14,4)5;1-13-7-9-15(10-8-13)19-12-14-11-16(2,3)18(6)17(14,4)5;1-11-6-8-12(9-7-11)17-14(19)13-10-15(2,3)18-16(13,4)5;1-12-6-8-14(9-7-12)18-11-13-10-15(2,3)17-16(13,4)5;1-11-6-8-12(9-7-11)13-10-14(2,3)16-15(13,4)5;1-10(2)7-8(9(13)14-6)11(3,4)12(10)5/h13-15H,7-12H2,1-6H3;12-14H,7-11H2,1-6H3,(H,18,20);12-14H,7-11H2,1-6H3;13-15H,7-12H2,1-6H3;11-13,18H,6-10H2,1-5H3,(H,17,19);12-14,17H,6-11H2,1-5H3;11-13,16H,6-10H2,1-5H3;8H,7H2,1-6H3. The predicted octanol–water partition coefficient (Wildman–Crippen LogP) is 27.0. The Kier molecular flexibility index (Phi) is 44.7. The van der Waals surface area contributed by atoms with Gasteiger partial charge in [-0.15, -0.1) is 0 Å². The molecule has 0 aromatic carbocycles. The summed E-state index contributed by atoms with van der Waals surface area (Å²) in [6.07, 6.45) is 45.0. The fourth-order valence-electron chi connectivity index (χ4n) is 30.3. The van der Waals surface area contributed by atoms with Crippen LogP contribution in [-0.2, 0) is 47.7 Å². The van der Waals surface area contributed by atoms with Crippen molar-refractivity contribution in [1.82, 2.24) is 51.1 Å². The van der Waals surface area contributed by atoms with Crippen LogP contribution in [0, 0.1) is 101 Å². The van der Waals surface area contributed by atoms with Gasteiger partial charge in [0.05, 0.1) is 68.7 Å². The third kappa shape index (κ3) is 34.7. The van der Waals surface area contributed by atoms with Gasteiger partial charge in [0.1, 0.15) is 6.10 Å². The molecule has 8 saturated heterocycles. The van der Waals surface area contributed by atoms with Crippen LogP contribution in [0.3, 0.4) is 0 Å². The summed E-state index contributed by atoms with van der Waals surface area (Å²) in [5.74, 6) is 10.4. The van der Waals surface area contributed by atoms with Crippen LogP contribution in [0.2, 0.25) is 0 Å². The number of rotatable bonds is 17. The quantitative estimate of drug-likeness (QED) is 0.0678. The minimum Gasteiger partial charge on any atom is -0.469 e. The zero-order chi connectivity index (χ0) is 111. The molecule has 0 aromatic heterocycles. The lowest BCUT2D eigenvalue weighted by Gasteiger charge is -2.39. The molecule has 0 bridgehead atoms. The fourth-order valence-corrected chi connectivity index (χ4v) is 30.3. The maximum Gasteiger partial charge on any atom is 0.311 e. The predicted molar refractivity (Wildman–Crippen MR) is 615 cm³/mol. The van der Waals surface area contributed by atoms with Crippen molar-refractivity contribution in [2.24, 2.45) is 101 Å². The maximum absolute atomic E-state index is 12.7. The van der Waals surface area contributed by atoms with E-state index in [1.54, 1.807) is 0 Å². The molecule has 7 saturated carbocycles. The van der Waals surface area contributed by atoms with E-state index in [4.69, 9.17) is 23.7 Å². The Hall–Kier alpha value is -3.05. The first-order valence-electron chi connectivity index (χ1n) is 60.5. The topological polar surface area (TPSA) is 208 Å². The van der Waals surface area contributed by atoms with Crippen molar-refractivity contribution in [2.75, 3.05) is 62.2 Å². The lowest BCUT2D eigenvalue weighted by molar-refractivity contribution is -0.158. The largest absolute Gasteiger partial charge is 0.469 e. The number of carbonyl (C=O) groups excluding carboxylic acids is 5. The molecular weight excluding hydrogens is 1830 g/mol. The molecule has 8 atom stereocenters. The van der Waals surface area contributed by atoms with Gasteiger partial charge in [-0.1, -0.05) is 74.1 Å². The molecule has 858 valence electrons. The number of ether oxygens (including phenoxy) is 5. The normalized spacial score (nSPS) is 37.1. The molecule has 0 radical (unpaired) electrons. The molecule has 15 aliphatic rings. The van der Waals surface area contributed by atoms with Crippen LogP contribution in [0.1, 0.15) is 501 Å². The SMILES string of the molecule is CC1CCC(C2CC(C)(C)NC2(C)C)CC1.CC1CCC(COC(=O)C2CC(C)(C)N(C)C2(C)C)CC1.CC1CCC(NC(=O)C2CC(C)(C)N(C)C2(C)C)CC1.CC1CCC(NC(=O)C2CC(C)(C)NC2(C)C)CC1.CC1CCC(OC(=O)C2CC(C)(C)N(C)C2(C)C)CC1.CC1CCC(OCC2CC(C)(C)N(C)C2(C)C)CC1.CC1CCC(OCC2CC(C)(C)NC2(C)C)CC1.COC(=O)C1CC(C)(C)N(C)C1(C)C. The summed E-state index contributed by atoms with van der Waals surface area (Å²) in [4.78, 5) is 73.8. The van der Waals surface area contributed by atoms with Crippen LogP contribution in [-0.4, -0.2) is 235 Å². The molecule has 0 aromatic rings. The number of nitrogens with zero attached hydrogens (tertiary/aromatic N) is 5. The molecule has 15 rings (SSSR count). The minimum absolute atomic E-state index is 0.0102. The highest BCUT2D eigenvalue weighted by molar-refractivity contribution is 5.82. The highest BCUT2D eigenvalue weighted by Gasteiger charge is 2.59. The summed E-state index contributed by atoms with van der Waals surface area (Å²) < 4.78 is 28.9. The molecule has 7 aliphatic carbocycles. The van der Waals surface area contributed by atoms with Gasteiger partial charge in [0.25, 0.3) is 0 Å². The number of carbonyl (C=O) groups is 5. The smallest absolute Gasteiger partial charge is 0.311 e. The number of nitrogens with one attached hydrogen (secondary N) is 5. The van der Waals surface area contributed by atoms with Crippen LogP contribution in [0.4, 0.5) is 0 Å². The molecule has 20 heteroatoms. The molecule has 8 unspecified atom stereocenters. The number of hydrogen-bond acceptors (Lipinski definition) is 18. The van der Waals surface area contributed by atoms with Crippen molar-refractivity contribution in [1.29, 1.82) is 0 Å². The van der Waals surface area contributed by atoms with Gasteiger partial charge in [-0.3, -0.25) is 48.5 Å². The van der Waals surface area contributed by atoms with Crippen molar-refractivity contribution in [3.63, 3.8) is 0 Å². The van der Waals surface area contributed by atoms with Gasteiger partial charge in [0.2, 0.25) is 11.8 Å². The Morgan fingerprint density at radius 1 is 0.272 bits per heavy atom. The van der Waals surface area contributed by atoms with Crippen molar-refractivity contribution in [3.05, 3.63) is 0 Å². The van der Waals surface area contributed by atoms with Crippen LogP contribution in [0.5, 0.6) is 0 Å². The van der Waals surface area contributed by atoms with Crippen molar-refractivity contribution in [3.8, 4) is 0 Å². The van der Waals surface area contributed by atoms with Gasteiger partial charge >= 0.3 is 17.9 Å².